The van der Waals surface area contributed by atoms with Crippen LogP contribution in [0.1, 0.15) is 60.3 Å². The predicted octanol–water partition coefficient (Wildman–Crippen LogP) is 1.93. The van der Waals surface area contributed by atoms with Gasteiger partial charge in [-0.2, -0.15) is 0 Å². The number of piperidine rings is 1. The second kappa shape index (κ2) is 7.40. The molecule has 1 aliphatic heterocycles. The highest BCUT2D eigenvalue weighted by atomic mass is 16.5. The molecule has 7 nitrogen and oxygen atoms in total. The first-order valence-electron chi connectivity index (χ1n) is 10.6. The van der Waals surface area contributed by atoms with Gasteiger partial charge in [0.15, 0.2) is 0 Å². The van der Waals surface area contributed by atoms with Gasteiger partial charge in [-0.05, 0) is 35.0 Å². The van der Waals surface area contributed by atoms with Crippen molar-refractivity contribution in [3.63, 3.8) is 0 Å². The van der Waals surface area contributed by atoms with E-state index in [0.29, 0.717) is 31.2 Å². The number of rotatable bonds is 7. The van der Waals surface area contributed by atoms with Crippen LogP contribution in [0.4, 0.5) is 0 Å². The van der Waals surface area contributed by atoms with Crippen molar-refractivity contribution in [2.75, 3.05) is 13.7 Å². The quantitative estimate of drug-likeness (QED) is 0.515. The lowest BCUT2D eigenvalue weighted by atomic mass is 9.90. The molecular weight excluding hydrogens is 372 g/mol. The molecule has 3 fully saturated rings. The van der Waals surface area contributed by atoms with Crippen LogP contribution in [0.3, 0.4) is 0 Å². The van der Waals surface area contributed by atoms with Crippen molar-refractivity contribution in [2.24, 2.45) is 28.6 Å². The number of carbonyl (C=O) groups excluding carboxylic acids is 4. The lowest BCUT2D eigenvalue weighted by Gasteiger charge is -2.33. The molecule has 2 saturated carbocycles. The number of nitrogens with one attached hydrogen (secondary N) is 1. The first kappa shape index (κ1) is 21.8. The van der Waals surface area contributed by atoms with Gasteiger partial charge in [0.2, 0.25) is 11.8 Å². The summed E-state index contributed by atoms with van der Waals surface area (Å²) in [5.74, 6) is -1.28. The van der Waals surface area contributed by atoms with Crippen LogP contribution in [0, 0.1) is 28.6 Å². The Morgan fingerprint density at radius 1 is 1.17 bits per heavy atom. The second-order valence-electron chi connectivity index (χ2n) is 10.8. The van der Waals surface area contributed by atoms with E-state index in [4.69, 9.17) is 0 Å². The summed E-state index contributed by atoms with van der Waals surface area (Å²) in [5, 5.41) is 2.80. The molecule has 2 amide bonds. The average Bonchev–Trinajstić information content (AvgIpc) is 3.45. The fourth-order valence-corrected chi connectivity index (χ4v) is 4.82. The first-order valence-corrected chi connectivity index (χ1v) is 10.6. The number of amides is 2. The molecule has 162 valence electrons. The summed E-state index contributed by atoms with van der Waals surface area (Å²) < 4.78 is 4.57. The molecule has 0 aromatic rings. The molecule has 4 atom stereocenters. The molecule has 29 heavy (non-hydrogen) atoms. The number of hydrogen-bond donors (Lipinski definition) is 1. The fourth-order valence-electron chi connectivity index (χ4n) is 4.82. The number of ether oxygens (including phenoxy) is 1. The third-order valence-electron chi connectivity index (χ3n) is 6.76. The monoisotopic (exact) mass is 406 g/mol. The number of carbonyl (C=O) groups is 4. The molecular formula is C22H34N2O5. The van der Waals surface area contributed by atoms with E-state index in [1.807, 2.05) is 20.8 Å². The van der Waals surface area contributed by atoms with Crippen LogP contribution in [0.2, 0.25) is 0 Å². The van der Waals surface area contributed by atoms with Crippen LogP contribution in [-0.4, -0.2) is 54.2 Å². The minimum atomic E-state index is -0.937. The minimum Gasteiger partial charge on any atom is -0.463 e. The summed E-state index contributed by atoms with van der Waals surface area (Å²) >= 11 is 0. The summed E-state index contributed by atoms with van der Waals surface area (Å²) in [6.07, 6.45) is 2.80. The Kier molecular flexibility index (Phi) is 5.56. The molecule has 3 unspecified atom stereocenters. The topological polar surface area (TPSA) is 92.8 Å². The van der Waals surface area contributed by atoms with Crippen LogP contribution in [0.5, 0.6) is 0 Å². The Labute approximate surface area is 172 Å². The number of fused-ring (bicyclic) bond motifs is 1. The normalized spacial score (nSPS) is 28.3. The molecule has 1 N–H and O–H groups in total. The highest BCUT2D eigenvalue weighted by Gasteiger charge is 2.69. The summed E-state index contributed by atoms with van der Waals surface area (Å²) in [4.78, 5) is 52.1. The van der Waals surface area contributed by atoms with Crippen LogP contribution < -0.4 is 5.32 Å². The van der Waals surface area contributed by atoms with E-state index in [9.17, 15) is 19.2 Å². The van der Waals surface area contributed by atoms with E-state index >= 15 is 0 Å². The van der Waals surface area contributed by atoms with Gasteiger partial charge in [0.25, 0.3) is 5.78 Å². The number of esters is 1. The summed E-state index contributed by atoms with van der Waals surface area (Å²) in [6.45, 7) is 10.8. The maximum Gasteiger partial charge on any atom is 0.376 e. The summed E-state index contributed by atoms with van der Waals surface area (Å²) in [7, 11) is 1.16. The molecule has 2 aliphatic carbocycles. The molecule has 0 aromatic heterocycles. The van der Waals surface area contributed by atoms with Gasteiger partial charge in [-0.15, -0.1) is 0 Å². The van der Waals surface area contributed by atoms with Gasteiger partial charge in [0.1, 0.15) is 6.04 Å². The van der Waals surface area contributed by atoms with Crippen LogP contribution in [-0.2, 0) is 23.9 Å². The van der Waals surface area contributed by atoms with Gasteiger partial charge in [-0.1, -0.05) is 47.5 Å². The predicted molar refractivity (Wildman–Crippen MR) is 107 cm³/mol. The van der Waals surface area contributed by atoms with Crippen molar-refractivity contribution in [3.05, 3.63) is 0 Å². The van der Waals surface area contributed by atoms with Crippen LogP contribution >= 0.6 is 0 Å². The number of ketones is 1. The lowest BCUT2D eigenvalue weighted by molar-refractivity contribution is -0.153. The van der Waals surface area contributed by atoms with Gasteiger partial charge >= 0.3 is 5.97 Å². The second-order valence-corrected chi connectivity index (χ2v) is 10.8. The molecule has 1 saturated heterocycles. The van der Waals surface area contributed by atoms with Crippen LogP contribution in [0.25, 0.3) is 0 Å². The molecule has 3 rings (SSSR count). The van der Waals surface area contributed by atoms with E-state index in [1.165, 1.54) is 0 Å². The van der Waals surface area contributed by atoms with E-state index < -0.39 is 23.8 Å². The molecule has 3 aliphatic rings. The maximum atomic E-state index is 13.3. The minimum absolute atomic E-state index is 0.00112. The number of hydrogen-bond acceptors (Lipinski definition) is 5. The molecule has 0 bridgehead atoms. The Balaban J connectivity index is 1.76. The van der Waals surface area contributed by atoms with Crippen molar-refractivity contribution in [3.8, 4) is 0 Å². The summed E-state index contributed by atoms with van der Waals surface area (Å²) in [5.41, 5.74) is -0.172. The number of methoxy groups -OCH3 is 1. The Morgan fingerprint density at radius 2 is 1.79 bits per heavy atom. The highest BCUT2D eigenvalue weighted by molar-refractivity contribution is 6.36. The van der Waals surface area contributed by atoms with Gasteiger partial charge in [0.05, 0.1) is 13.2 Å². The standard InChI is InChI=1S/C22H34N2O5/c1-21(2,3)10-15(25)24-11-13-16(22(13,4)5)17(24)19(27)23-14(9-12-7-8-12)18(26)20(28)29-6/h12-14,16-17H,7-11H2,1-6H3,(H,23,27)/t13?,14?,16?,17-/m0/s1. The van der Waals surface area contributed by atoms with Gasteiger partial charge in [0, 0.05) is 13.0 Å². The number of likely N-dealkylation sites (tertiary alicyclic amines) is 1. The Bertz CT molecular complexity index is 719. The van der Waals surface area contributed by atoms with Crippen molar-refractivity contribution in [2.45, 2.75) is 72.4 Å². The Morgan fingerprint density at radius 3 is 2.31 bits per heavy atom. The third kappa shape index (κ3) is 4.48. The van der Waals surface area contributed by atoms with Crippen molar-refractivity contribution >= 4 is 23.6 Å². The SMILES string of the molecule is COC(=O)C(=O)C(CC1CC1)NC(=O)[C@@H]1C2C(CN1C(=O)CC(C)(C)C)C2(C)C. The van der Waals surface area contributed by atoms with Crippen molar-refractivity contribution in [1.82, 2.24) is 10.2 Å². The Hall–Kier alpha value is -1.92. The van der Waals surface area contributed by atoms with Gasteiger partial charge in [-0.25, -0.2) is 4.79 Å². The van der Waals surface area contributed by atoms with E-state index in [0.717, 1.165) is 20.0 Å². The van der Waals surface area contributed by atoms with Gasteiger partial charge < -0.3 is 15.0 Å². The smallest absolute Gasteiger partial charge is 0.376 e. The largest absolute Gasteiger partial charge is 0.463 e. The lowest BCUT2D eigenvalue weighted by Crippen LogP contribution is -2.54. The van der Waals surface area contributed by atoms with Crippen molar-refractivity contribution < 1.29 is 23.9 Å². The highest BCUT2D eigenvalue weighted by Crippen LogP contribution is 2.65. The molecule has 0 radical (unpaired) electrons. The summed E-state index contributed by atoms with van der Waals surface area (Å²) in [6, 6.07) is -1.47. The zero-order valence-corrected chi connectivity index (χ0v) is 18.4. The molecule has 0 spiro atoms. The van der Waals surface area contributed by atoms with E-state index in [-0.39, 0.29) is 28.6 Å². The van der Waals surface area contributed by atoms with E-state index in [2.05, 4.69) is 23.9 Å². The van der Waals surface area contributed by atoms with Crippen LogP contribution in [0.15, 0.2) is 0 Å². The van der Waals surface area contributed by atoms with E-state index in [1.54, 1.807) is 4.90 Å². The molecule has 0 aromatic carbocycles. The fraction of sp³-hybridized carbons (Fsp3) is 0.818. The maximum absolute atomic E-state index is 13.3. The number of nitrogens with zero attached hydrogens (tertiary/aromatic N) is 1. The van der Waals surface area contributed by atoms with Crippen molar-refractivity contribution in [1.29, 1.82) is 0 Å². The third-order valence-corrected chi connectivity index (χ3v) is 6.76. The number of Topliss-reactive ketones (excluding diaryl/α,β-unsaturated/α-hetero) is 1. The molecule has 1 heterocycles. The zero-order chi connectivity index (χ0) is 21.7. The molecule has 7 heteroatoms. The van der Waals surface area contributed by atoms with Gasteiger partial charge in [-0.3, -0.25) is 14.4 Å². The zero-order valence-electron chi connectivity index (χ0n) is 18.4. The average molecular weight is 407 g/mol. The first-order chi connectivity index (χ1) is 13.4.